The first kappa shape index (κ1) is 14.0. The quantitative estimate of drug-likeness (QED) is 0.847. The summed E-state index contributed by atoms with van der Waals surface area (Å²) >= 11 is 1.47. The van der Waals surface area contributed by atoms with Gasteiger partial charge in [-0.15, -0.1) is 11.3 Å². The smallest absolute Gasteiger partial charge is 0.243 e. The Balaban J connectivity index is 1.97. The number of amides is 2. The molecule has 2 N–H and O–H groups in total. The van der Waals surface area contributed by atoms with Crippen LogP contribution in [-0.4, -0.2) is 47.4 Å². The van der Waals surface area contributed by atoms with Gasteiger partial charge in [0.2, 0.25) is 11.8 Å². The molecule has 1 saturated heterocycles. The second-order valence-electron chi connectivity index (χ2n) is 4.65. The number of carbonyl (C=O) groups is 2. The van der Waals surface area contributed by atoms with Crippen molar-refractivity contribution < 1.29 is 9.59 Å². The topological polar surface area (TPSA) is 74.3 Å². The minimum Gasteiger partial charge on any atom is -0.354 e. The molecular weight excluding hydrogens is 264 g/mol. The van der Waals surface area contributed by atoms with Gasteiger partial charge in [0.1, 0.15) is 0 Å². The SMILES string of the molecule is Cc1nc(NC(=O)[C@@H](C)N2CCNC(=O)C2)sc1C. The first-order chi connectivity index (χ1) is 8.97. The van der Waals surface area contributed by atoms with E-state index in [1.54, 1.807) is 6.92 Å². The molecule has 0 aromatic carbocycles. The summed E-state index contributed by atoms with van der Waals surface area (Å²) in [4.78, 5) is 30.7. The molecule has 0 bridgehead atoms. The summed E-state index contributed by atoms with van der Waals surface area (Å²) in [6, 6.07) is -0.337. The lowest BCUT2D eigenvalue weighted by Crippen LogP contribution is -2.53. The van der Waals surface area contributed by atoms with E-state index in [1.807, 2.05) is 18.7 Å². The molecule has 6 nitrogen and oxygen atoms in total. The zero-order chi connectivity index (χ0) is 14.0. The molecule has 1 aromatic rings. The molecule has 1 fully saturated rings. The molecule has 1 aliphatic rings. The predicted molar refractivity (Wildman–Crippen MR) is 74.3 cm³/mol. The Morgan fingerprint density at radius 3 is 2.84 bits per heavy atom. The van der Waals surface area contributed by atoms with E-state index in [4.69, 9.17) is 0 Å². The Labute approximate surface area is 116 Å². The fourth-order valence-corrected chi connectivity index (χ4v) is 2.71. The molecule has 1 aromatic heterocycles. The lowest BCUT2D eigenvalue weighted by Gasteiger charge is -2.30. The zero-order valence-corrected chi connectivity index (χ0v) is 12.1. The van der Waals surface area contributed by atoms with E-state index in [2.05, 4.69) is 15.6 Å². The van der Waals surface area contributed by atoms with E-state index in [0.717, 1.165) is 10.6 Å². The molecule has 2 rings (SSSR count). The highest BCUT2D eigenvalue weighted by Gasteiger charge is 2.26. The van der Waals surface area contributed by atoms with Gasteiger partial charge >= 0.3 is 0 Å². The van der Waals surface area contributed by atoms with Crippen molar-refractivity contribution >= 4 is 28.3 Å². The lowest BCUT2D eigenvalue weighted by molar-refractivity contribution is -0.127. The number of piperazine rings is 1. The summed E-state index contributed by atoms with van der Waals surface area (Å²) in [5.41, 5.74) is 0.935. The number of rotatable bonds is 3. The molecule has 19 heavy (non-hydrogen) atoms. The van der Waals surface area contributed by atoms with Gasteiger partial charge in [-0.1, -0.05) is 0 Å². The number of hydrogen-bond acceptors (Lipinski definition) is 5. The highest BCUT2D eigenvalue weighted by molar-refractivity contribution is 7.15. The average molecular weight is 282 g/mol. The average Bonchev–Trinajstić information content (AvgIpc) is 2.67. The Morgan fingerprint density at radius 2 is 2.26 bits per heavy atom. The first-order valence-corrected chi connectivity index (χ1v) is 7.04. The van der Waals surface area contributed by atoms with Gasteiger partial charge in [-0.3, -0.25) is 14.5 Å². The van der Waals surface area contributed by atoms with Gasteiger partial charge in [-0.05, 0) is 20.8 Å². The molecule has 1 aliphatic heterocycles. The minimum atomic E-state index is -0.337. The normalized spacial score (nSPS) is 17.9. The fourth-order valence-electron chi connectivity index (χ4n) is 1.89. The number of thiazole rings is 1. The third-order valence-corrected chi connectivity index (χ3v) is 4.24. The summed E-state index contributed by atoms with van der Waals surface area (Å²) in [5.74, 6) is -0.157. The van der Waals surface area contributed by atoms with Crippen LogP contribution >= 0.6 is 11.3 Å². The molecule has 104 valence electrons. The van der Waals surface area contributed by atoms with Crippen LogP contribution in [0.4, 0.5) is 5.13 Å². The van der Waals surface area contributed by atoms with E-state index >= 15 is 0 Å². The van der Waals surface area contributed by atoms with Gasteiger partial charge in [0.15, 0.2) is 5.13 Å². The van der Waals surface area contributed by atoms with Gasteiger partial charge in [0.05, 0.1) is 18.3 Å². The van der Waals surface area contributed by atoms with Gasteiger partial charge in [-0.2, -0.15) is 0 Å². The molecule has 0 aliphatic carbocycles. The van der Waals surface area contributed by atoms with Crippen molar-refractivity contribution in [1.82, 2.24) is 15.2 Å². The van der Waals surface area contributed by atoms with Gasteiger partial charge in [-0.25, -0.2) is 4.98 Å². The molecule has 1 atom stereocenters. The Kier molecular flexibility index (Phi) is 4.16. The van der Waals surface area contributed by atoms with Crippen LogP contribution in [-0.2, 0) is 9.59 Å². The van der Waals surface area contributed by atoms with Crippen molar-refractivity contribution in [2.24, 2.45) is 0 Å². The highest BCUT2D eigenvalue weighted by atomic mass is 32.1. The number of nitrogens with zero attached hydrogens (tertiary/aromatic N) is 2. The van der Waals surface area contributed by atoms with Crippen molar-refractivity contribution in [2.75, 3.05) is 25.0 Å². The van der Waals surface area contributed by atoms with Crippen LogP contribution in [0.25, 0.3) is 0 Å². The zero-order valence-electron chi connectivity index (χ0n) is 11.3. The first-order valence-electron chi connectivity index (χ1n) is 6.23. The number of aromatic nitrogens is 1. The van der Waals surface area contributed by atoms with E-state index in [0.29, 0.717) is 18.2 Å². The Bertz CT molecular complexity index is 480. The largest absolute Gasteiger partial charge is 0.354 e. The van der Waals surface area contributed by atoms with Crippen molar-refractivity contribution in [3.8, 4) is 0 Å². The van der Waals surface area contributed by atoms with Crippen LogP contribution in [0.15, 0.2) is 0 Å². The molecule has 0 spiro atoms. The predicted octanol–water partition coefficient (Wildman–Crippen LogP) is 0.519. The molecule has 2 heterocycles. The molecule has 0 radical (unpaired) electrons. The monoisotopic (exact) mass is 282 g/mol. The lowest BCUT2D eigenvalue weighted by atomic mass is 10.2. The van der Waals surface area contributed by atoms with Crippen LogP contribution in [0.3, 0.4) is 0 Å². The summed E-state index contributed by atoms with van der Waals surface area (Å²) in [6.45, 7) is 7.24. The van der Waals surface area contributed by atoms with Crippen LogP contribution < -0.4 is 10.6 Å². The van der Waals surface area contributed by atoms with Crippen LogP contribution in [0.2, 0.25) is 0 Å². The number of hydrogen-bond donors (Lipinski definition) is 2. The second-order valence-corrected chi connectivity index (χ2v) is 5.85. The maximum absolute atomic E-state index is 12.1. The third-order valence-electron chi connectivity index (χ3n) is 3.25. The standard InChI is InChI=1S/C12H18N4O2S/c1-7-9(3)19-12(14-7)15-11(18)8(2)16-5-4-13-10(17)6-16/h8H,4-6H2,1-3H3,(H,13,17)(H,14,15,18)/t8-/m1/s1. The van der Waals surface area contributed by atoms with Gasteiger partial charge in [0.25, 0.3) is 0 Å². The van der Waals surface area contributed by atoms with E-state index in [1.165, 1.54) is 11.3 Å². The van der Waals surface area contributed by atoms with Crippen molar-refractivity contribution in [1.29, 1.82) is 0 Å². The van der Waals surface area contributed by atoms with E-state index in [-0.39, 0.29) is 24.4 Å². The molecule has 0 saturated carbocycles. The Hall–Kier alpha value is -1.47. The maximum atomic E-state index is 12.1. The van der Waals surface area contributed by atoms with Crippen LogP contribution in [0.1, 0.15) is 17.5 Å². The summed E-state index contributed by atoms with van der Waals surface area (Å²) in [5, 5.41) is 6.17. The number of nitrogens with one attached hydrogen (secondary N) is 2. The molecule has 7 heteroatoms. The van der Waals surface area contributed by atoms with Crippen LogP contribution in [0.5, 0.6) is 0 Å². The van der Waals surface area contributed by atoms with Gasteiger partial charge < -0.3 is 10.6 Å². The van der Waals surface area contributed by atoms with E-state index in [9.17, 15) is 9.59 Å². The Morgan fingerprint density at radius 1 is 1.53 bits per heavy atom. The summed E-state index contributed by atoms with van der Waals surface area (Å²) in [7, 11) is 0. The third kappa shape index (κ3) is 3.30. The maximum Gasteiger partial charge on any atom is 0.243 e. The van der Waals surface area contributed by atoms with Crippen molar-refractivity contribution in [3.05, 3.63) is 10.6 Å². The number of aryl methyl sites for hydroxylation is 2. The fraction of sp³-hybridized carbons (Fsp3) is 0.583. The minimum absolute atomic E-state index is 0.0353. The number of carbonyl (C=O) groups excluding carboxylic acids is 2. The van der Waals surface area contributed by atoms with Crippen LogP contribution in [0, 0.1) is 13.8 Å². The van der Waals surface area contributed by atoms with Crippen molar-refractivity contribution in [2.45, 2.75) is 26.8 Å². The second kappa shape index (κ2) is 5.66. The highest BCUT2D eigenvalue weighted by Crippen LogP contribution is 2.21. The summed E-state index contributed by atoms with van der Waals surface area (Å²) < 4.78 is 0. The molecule has 2 amide bonds. The van der Waals surface area contributed by atoms with E-state index < -0.39 is 0 Å². The molecule has 0 unspecified atom stereocenters. The molecular formula is C12H18N4O2S. The van der Waals surface area contributed by atoms with Crippen molar-refractivity contribution in [3.63, 3.8) is 0 Å². The number of anilines is 1. The summed E-state index contributed by atoms with van der Waals surface area (Å²) in [6.07, 6.45) is 0. The van der Waals surface area contributed by atoms with Gasteiger partial charge in [0, 0.05) is 18.0 Å².